The van der Waals surface area contributed by atoms with Gasteiger partial charge in [0.15, 0.2) is 0 Å². The number of rotatable bonds is 7. The molecule has 0 spiro atoms. The molecule has 6 heteroatoms. The van der Waals surface area contributed by atoms with Gasteiger partial charge in [0.2, 0.25) is 5.91 Å². The Morgan fingerprint density at radius 2 is 1.89 bits per heavy atom. The number of nitrogens with zero attached hydrogens (tertiary/aromatic N) is 1. The lowest BCUT2D eigenvalue weighted by molar-refractivity contribution is -0.117. The van der Waals surface area contributed by atoms with E-state index in [0.717, 1.165) is 36.4 Å². The average molecular weight is 389 g/mol. The van der Waals surface area contributed by atoms with Crippen molar-refractivity contribution in [1.29, 1.82) is 0 Å². The number of amides is 1. The summed E-state index contributed by atoms with van der Waals surface area (Å²) in [5, 5.41) is 3.74. The van der Waals surface area contributed by atoms with Crippen LogP contribution in [0.5, 0.6) is 11.5 Å². The van der Waals surface area contributed by atoms with E-state index >= 15 is 0 Å². The van der Waals surface area contributed by atoms with E-state index in [0.29, 0.717) is 29.8 Å². The molecule has 1 N–H and O–H groups in total. The summed E-state index contributed by atoms with van der Waals surface area (Å²) in [7, 11) is 3.17. The average Bonchev–Trinajstić information content (AvgIpc) is 3.09. The van der Waals surface area contributed by atoms with Gasteiger partial charge in [0, 0.05) is 35.0 Å². The number of nitrogens with one attached hydrogen (secondary N) is 1. The Balaban J connectivity index is 1.62. The van der Waals surface area contributed by atoms with Crippen LogP contribution in [0.25, 0.3) is 0 Å². The van der Waals surface area contributed by atoms with Gasteiger partial charge in [-0.2, -0.15) is 0 Å². The Morgan fingerprint density at radius 3 is 2.56 bits per heavy atom. The van der Waals surface area contributed by atoms with Gasteiger partial charge in [-0.25, -0.2) is 0 Å². The van der Waals surface area contributed by atoms with Crippen molar-refractivity contribution in [3.8, 4) is 11.5 Å². The zero-order valence-corrected chi connectivity index (χ0v) is 16.5. The first-order valence-corrected chi connectivity index (χ1v) is 9.47. The fourth-order valence-corrected chi connectivity index (χ4v) is 3.73. The number of methoxy groups -OCH3 is 2. The largest absolute Gasteiger partial charge is 0.497 e. The van der Waals surface area contributed by atoms with E-state index in [-0.39, 0.29) is 5.91 Å². The lowest BCUT2D eigenvalue weighted by atomic mass is 10.0. The molecule has 0 aromatic heterocycles. The monoisotopic (exact) mass is 388 g/mol. The number of likely N-dealkylation sites (tertiary alicyclic amines) is 1. The van der Waals surface area contributed by atoms with E-state index in [9.17, 15) is 4.79 Å². The zero-order valence-electron chi connectivity index (χ0n) is 15.7. The van der Waals surface area contributed by atoms with Gasteiger partial charge in [0.25, 0.3) is 0 Å². The maximum absolute atomic E-state index is 12.6. The molecule has 1 saturated heterocycles. The standard InChI is InChI=1S/C21H25ClN2O3/c1-26-18-11-16(12-19(13-18)27-2)23-21(25)14-24-9-5-7-17(24)10-15-6-3-4-8-20(15)22/h3-4,6,8,11-13,17H,5,7,9-10,14H2,1-2H3,(H,23,25). The molecule has 2 aromatic carbocycles. The van der Waals surface area contributed by atoms with Crippen LogP contribution in [0.3, 0.4) is 0 Å². The third-order valence-corrected chi connectivity index (χ3v) is 5.26. The van der Waals surface area contributed by atoms with E-state index in [1.807, 2.05) is 18.2 Å². The minimum Gasteiger partial charge on any atom is -0.497 e. The molecule has 1 aliphatic heterocycles. The maximum atomic E-state index is 12.6. The Bertz CT molecular complexity index is 774. The summed E-state index contributed by atoms with van der Waals surface area (Å²) in [5.41, 5.74) is 1.80. The summed E-state index contributed by atoms with van der Waals surface area (Å²) in [6, 6.07) is 13.6. The highest BCUT2D eigenvalue weighted by atomic mass is 35.5. The fourth-order valence-electron chi connectivity index (χ4n) is 3.52. The summed E-state index contributed by atoms with van der Waals surface area (Å²) in [5.74, 6) is 1.24. The highest BCUT2D eigenvalue weighted by Gasteiger charge is 2.27. The SMILES string of the molecule is COc1cc(NC(=O)CN2CCCC2Cc2ccccc2Cl)cc(OC)c1. The number of halogens is 1. The highest BCUT2D eigenvalue weighted by Crippen LogP contribution is 2.27. The normalized spacial score (nSPS) is 16.9. The van der Waals surface area contributed by atoms with E-state index < -0.39 is 0 Å². The minimum absolute atomic E-state index is 0.0450. The number of carbonyl (C=O) groups excluding carboxylic acids is 1. The molecule has 1 fully saturated rings. The lowest BCUT2D eigenvalue weighted by Gasteiger charge is -2.24. The molecule has 144 valence electrons. The van der Waals surface area contributed by atoms with Crippen LogP contribution < -0.4 is 14.8 Å². The quantitative estimate of drug-likeness (QED) is 0.778. The van der Waals surface area contributed by atoms with E-state index in [4.69, 9.17) is 21.1 Å². The topological polar surface area (TPSA) is 50.8 Å². The van der Waals surface area contributed by atoms with Crippen molar-refractivity contribution in [3.63, 3.8) is 0 Å². The van der Waals surface area contributed by atoms with E-state index in [1.165, 1.54) is 0 Å². The number of hydrogen-bond donors (Lipinski definition) is 1. The fraction of sp³-hybridized carbons (Fsp3) is 0.381. The van der Waals surface area contributed by atoms with Gasteiger partial charge in [-0.05, 0) is 37.4 Å². The lowest BCUT2D eigenvalue weighted by Crippen LogP contribution is -2.37. The van der Waals surface area contributed by atoms with Crippen LogP contribution in [-0.4, -0.2) is 44.2 Å². The van der Waals surface area contributed by atoms with Gasteiger partial charge in [-0.3, -0.25) is 9.69 Å². The smallest absolute Gasteiger partial charge is 0.238 e. The molecule has 5 nitrogen and oxygen atoms in total. The first kappa shape index (κ1) is 19.5. The van der Waals surface area contributed by atoms with Gasteiger partial charge in [-0.15, -0.1) is 0 Å². The number of carbonyl (C=O) groups is 1. The summed E-state index contributed by atoms with van der Waals surface area (Å²) in [4.78, 5) is 14.8. The molecule has 2 aromatic rings. The molecule has 0 radical (unpaired) electrons. The van der Waals surface area contributed by atoms with Gasteiger partial charge >= 0.3 is 0 Å². The van der Waals surface area contributed by atoms with Crippen LogP contribution >= 0.6 is 11.6 Å². The van der Waals surface area contributed by atoms with Crippen LogP contribution in [0.4, 0.5) is 5.69 Å². The van der Waals surface area contributed by atoms with Crippen molar-refractivity contribution in [2.24, 2.45) is 0 Å². The number of hydrogen-bond acceptors (Lipinski definition) is 4. The number of anilines is 1. The minimum atomic E-state index is -0.0450. The van der Waals surface area contributed by atoms with E-state index in [1.54, 1.807) is 32.4 Å². The molecule has 0 saturated carbocycles. The molecule has 1 atom stereocenters. The third-order valence-electron chi connectivity index (χ3n) is 4.89. The molecular weight excluding hydrogens is 364 g/mol. The van der Waals surface area contributed by atoms with Crippen molar-refractivity contribution in [2.45, 2.75) is 25.3 Å². The van der Waals surface area contributed by atoms with Gasteiger partial charge < -0.3 is 14.8 Å². The molecule has 1 heterocycles. The molecule has 27 heavy (non-hydrogen) atoms. The Hall–Kier alpha value is -2.24. The van der Waals surface area contributed by atoms with Gasteiger partial charge in [0.1, 0.15) is 11.5 Å². The van der Waals surface area contributed by atoms with Crippen molar-refractivity contribution >= 4 is 23.2 Å². The molecule has 1 unspecified atom stereocenters. The Labute approximate surface area is 165 Å². The zero-order chi connectivity index (χ0) is 19.2. The first-order valence-electron chi connectivity index (χ1n) is 9.09. The second-order valence-corrected chi connectivity index (χ2v) is 7.12. The molecule has 1 aliphatic rings. The van der Waals surface area contributed by atoms with Crippen LogP contribution in [0, 0.1) is 0 Å². The van der Waals surface area contributed by atoms with Crippen LogP contribution in [0.2, 0.25) is 5.02 Å². The second-order valence-electron chi connectivity index (χ2n) is 6.71. The van der Waals surface area contributed by atoms with Crippen LogP contribution in [0.15, 0.2) is 42.5 Å². The molecular formula is C21H25ClN2O3. The summed E-state index contributed by atoms with van der Waals surface area (Å²) in [6.45, 7) is 1.28. The first-order chi connectivity index (χ1) is 13.1. The van der Waals surface area contributed by atoms with E-state index in [2.05, 4.69) is 16.3 Å². The van der Waals surface area contributed by atoms with Crippen molar-refractivity contribution < 1.29 is 14.3 Å². The maximum Gasteiger partial charge on any atom is 0.238 e. The number of ether oxygens (including phenoxy) is 2. The predicted molar refractivity (Wildman–Crippen MR) is 108 cm³/mol. The highest BCUT2D eigenvalue weighted by molar-refractivity contribution is 6.31. The summed E-state index contributed by atoms with van der Waals surface area (Å²) < 4.78 is 10.5. The van der Waals surface area contributed by atoms with Crippen LogP contribution in [-0.2, 0) is 11.2 Å². The Kier molecular flexibility index (Phi) is 6.58. The molecule has 3 rings (SSSR count). The van der Waals surface area contributed by atoms with Crippen LogP contribution in [0.1, 0.15) is 18.4 Å². The molecule has 0 bridgehead atoms. The summed E-state index contributed by atoms with van der Waals surface area (Å²) >= 11 is 6.30. The molecule has 0 aliphatic carbocycles. The van der Waals surface area contributed by atoms with Crippen molar-refractivity contribution in [3.05, 3.63) is 53.1 Å². The Morgan fingerprint density at radius 1 is 1.19 bits per heavy atom. The second kappa shape index (κ2) is 9.11. The third kappa shape index (κ3) is 5.15. The number of benzene rings is 2. The van der Waals surface area contributed by atoms with Crippen molar-refractivity contribution in [1.82, 2.24) is 4.90 Å². The predicted octanol–water partition coefficient (Wildman–Crippen LogP) is 4.00. The van der Waals surface area contributed by atoms with Gasteiger partial charge in [-0.1, -0.05) is 29.8 Å². The van der Waals surface area contributed by atoms with Crippen molar-refractivity contribution in [2.75, 3.05) is 32.6 Å². The van der Waals surface area contributed by atoms with Gasteiger partial charge in [0.05, 0.1) is 20.8 Å². The molecule has 1 amide bonds. The summed E-state index contributed by atoms with van der Waals surface area (Å²) in [6.07, 6.45) is 3.03.